The second kappa shape index (κ2) is 10.4. The van der Waals surface area contributed by atoms with Gasteiger partial charge in [-0.2, -0.15) is 13.2 Å². The van der Waals surface area contributed by atoms with Gasteiger partial charge in [0.15, 0.2) is 0 Å². The summed E-state index contributed by atoms with van der Waals surface area (Å²) in [6.45, 7) is 4.25. The van der Waals surface area contributed by atoms with Crippen LogP contribution in [0.25, 0.3) is 22.4 Å². The van der Waals surface area contributed by atoms with Crippen LogP contribution in [0.1, 0.15) is 47.4 Å². The van der Waals surface area contributed by atoms with Gasteiger partial charge in [-0.25, -0.2) is 4.98 Å². The van der Waals surface area contributed by atoms with Crippen molar-refractivity contribution >= 4 is 38.7 Å². The highest BCUT2D eigenvalue weighted by molar-refractivity contribution is 8.27. The second-order valence-corrected chi connectivity index (χ2v) is 11.7. The van der Waals surface area contributed by atoms with E-state index in [2.05, 4.69) is 24.9 Å². The van der Waals surface area contributed by atoms with Crippen molar-refractivity contribution in [3.63, 3.8) is 0 Å². The summed E-state index contributed by atoms with van der Waals surface area (Å²) in [5, 5.41) is 26.1. The highest BCUT2D eigenvalue weighted by Gasteiger charge is 2.36. The Hall–Kier alpha value is -3.69. The van der Waals surface area contributed by atoms with Gasteiger partial charge in [0.25, 0.3) is 0 Å². The minimum atomic E-state index is -4.53. The quantitative estimate of drug-likeness (QED) is 0.168. The summed E-state index contributed by atoms with van der Waals surface area (Å²) in [5.74, 6) is 0. The van der Waals surface area contributed by atoms with Gasteiger partial charge < -0.3 is 0 Å². The number of nitrogens with one attached hydrogen (secondary N) is 3. The van der Waals surface area contributed by atoms with Gasteiger partial charge in [-0.1, -0.05) is 62.4 Å². The molecule has 0 bridgehead atoms. The summed E-state index contributed by atoms with van der Waals surface area (Å²) in [7, 11) is 0. The zero-order chi connectivity index (χ0) is 28.8. The number of thioether (sulfide) groups is 2. The summed E-state index contributed by atoms with van der Waals surface area (Å²) in [4.78, 5) is 4.34. The Kier molecular flexibility index (Phi) is 7.22. The van der Waals surface area contributed by atoms with E-state index >= 15 is 0 Å². The summed E-state index contributed by atoms with van der Waals surface area (Å²) in [6.07, 6.45) is -2.65. The van der Waals surface area contributed by atoms with E-state index in [0.717, 1.165) is 45.6 Å². The number of halogens is 3. The Labute approximate surface area is 239 Å². The summed E-state index contributed by atoms with van der Waals surface area (Å²) >= 11 is 2.31. The number of fused-ring (bicyclic) bond motifs is 3. The molecular weight excluding hydrogens is 549 g/mol. The normalized spacial score (nSPS) is 13.4. The first-order chi connectivity index (χ1) is 18.9. The molecule has 3 N–H and O–H groups in total. The molecule has 0 saturated heterocycles. The van der Waals surface area contributed by atoms with Gasteiger partial charge in [-0.15, -0.1) is 11.8 Å². The molecule has 0 radical (unpaired) electrons. The van der Waals surface area contributed by atoms with Crippen molar-refractivity contribution in [1.82, 2.24) is 4.98 Å². The maximum Gasteiger partial charge on any atom is 0.417 e. The largest absolute Gasteiger partial charge is 0.417 e. The van der Waals surface area contributed by atoms with Crippen LogP contribution < -0.4 is 0 Å². The van der Waals surface area contributed by atoms with Crippen molar-refractivity contribution in [2.24, 2.45) is 0 Å². The molecule has 1 aliphatic carbocycles. The molecule has 9 heteroatoms. The van der Waals surface area contributed by atoms with Crippen LogP contribution in [-0.2, 0) is 11.6 Å². The third-order valence-corrected chi connectivity index (χ3v) is 8.60. The molecule has 0 aliphatic heterocycles. The molecule has 3 aromatic carbocycles. The number of benzene rings is 3. The maximum atomic E-state index is 13.5. The monoisotopic (exact) mass is 574 g/mol. The highest BCUT2D eigenvalue weighted by atomic mass is 32.2. The van der Waals surface area contributed by atoms with Crippen LogP contribution in [0.2, 0.25) is 0 Å². The fourth-order valence-electron chi connectivity index (χ4n) is 5.02. The van der Waals surface area contributed by atoms with E-state index in [0.29, 0.717) is 10.6 Å². The lowest BCUT2D eigenvalue weighted by Gasteiger charge is -2.22. The number of hydrogen-bond donors (Lipinski definition) is 3. The lowest BCUT2D eigenvalue weighted by molar-refractivity contribution is -0.137. The van der Waals surface area contributed by atoms with Crippen molar-refractivity contribution in [3.05, 3.63) is 112 Å². The Bertz CT molecular complexity index is 1690. The third kappa shape index (κ3) is 4.99. The molecule has 0 fully saturated rings. The molecule has 0 unspecified atom stereocenters. The Morgan fingerprint density at radius 1 is 0.725 bits per heavy atom. The van der Waals surface area contributed by atoms with Gasteiger partial charge in [-0.3, -0.25) is 16.2 Å². The molecule has 0 saturated carbocycles. The Morgan fingerprint density at radius 2 is 1.32 bits per heavy atom. The van der Waals surface area contributed by atoms with Crippen LogP contribution in [0.3, 0.4) is 0 Å². The molecule has 5 rings (SSSR count). The fourth-order valence-corrected chi connectivity index (χ4v) is 6.05. The molecule has 4 aromatic rings. The van der Waals surface area contributed by atoms with Crippen molar-refractivity contribution in [2.75, 3.05) is 6.26 Å². The smallest absolute Gasteiger partial charge is 0.293 e. The predicted octanol–water partition coefficient (Wildman–Crippen LogP) is 8.85. The minimum absolute atomic E-state index is 0.0281. The molecule has 202 valence electrons. The molecule has 40 heavy (non-hydrogen) atoms. The van der Waals surface area contributed by atoms with E-state index in [9.17, 15) is 13.2 Å². The third-order valence-electron chi connectivity index (χ3n) is 7.10. The molecule has 4 nitrogen and oxygen atoms in total. The number of alkyl halides is 3. The van der Waals surface area contributed by atoms with E-state index in [1.807, 2.05) is 36.6 Å². The van der Waals surface area contributed by atoms with Crippen molar-refractivity contribution in [2.45, 2.75) is 25.4 Å². The van der Waals surface area contributed by atoms with E-state index < -0.39 is 11.7 Å². The van der Waals surface area contributed by atoms with Crippen LogP contribution >= 0.6 is 23.5 Å². The van der Waals surface area contributed by atoms with Gasteiger partial charge in [-0.05, 0) is 70.6 Å². The van der Waals surface area contributed by atoms with Crippen molar-refractivity contribution < 1.29 is 13.2 Å². The molecule has 1 aliphatic rings. The molecule has 0 atom stereocenters. The average Bonchev–Trinajstić information content (AvgIpc) is 3.17. The average molecular weight is 575 g/mol. The molecule has 1 heterocycles. The van der Waals surface area contributed by atoms with Gasteiger partial charge >= 0.3 is 6.18 Å². The van der Waals surface area contributed by atoms with Crippen LogP contribution in [0.5, 0.6) is 0 Å². The summed E-state index contributed by atoms with van der Waals surface area (Å²) < 4.78 is 40.6. The second-order valence-electron chi connectivity index (χ2n) is 9.89. The molecule has 1 aromatic heterocycles. The first-order valence-corrected chi connectivity index (χ1v) is 14.4. The van der Waals surface area contributed by atoms with Gasteiger partial charge in [0.05, 0.1) is 22.0 Å². The zero-order valence-corrected chi connectivity index (χ0v) is 23.5. The van der Waals surface area contributed by atoms with Crippen molar-refractivity contribution in [3.8, 4) is 22.4 Å². The highest BCUT2D eigenvalue weighted by Crippen LogP contribution is 2.49. The maximum absolute atomic E-state index is 13.5. The van der Waals surface area contributed by atoms with Gasteiger partial charge in [0.2, 0.25) is 0 Å². The van der Waals surface area contributed by atoms with E-state index in [-0.39, 0.29) is 32.5 Å². The zero-order valence-electron chi connectivity index (χ0n) is 21.9. The van der Waals surface area contributed by atoms with Crippen LogP contribution in [0.15, 0.2) is 78.9 Å². The summed E-state index contributed by atoms with van der Waals surface area (Å²) in [5.41, 5.74) is 5.03. The lowest BCUT2D eigenvalue weighted by Crippen LogP contribution is -2.16. The van der Waals surface area contributed by atoms with E-state index in [4.69, 9.17) is 16.2 Å². The first-order valence-electron chi connectivity index (χ1n) is 12.3. The Balaban J connectivity index is 1.40. The number of hydrogen-bond acceptors (Lipinski definition) is 6. The van der Waals surface area contributed by atoms with Gasteiger partial charge in [0.1, 0.15) is 10.1 Å². The number of nitrogens with zero attached hydrogens (tertiary/aromatic N) is 1. The van der Waals surface area contributed by atoms with Crippen LogP contribution in [-0.4, -0.2) is 26.4 Å². The number of rotatable bonds is 4. The summed E-state index contributed by atoms with van der Waals surface area (Å²) in [6, 6.07) is 21.8. The van der Waals surface area contributed by atoms with E-state index in [1.165, 1.54) is 36.0 Å². The van der Waals surface area contributed by atoms with Crippen molar-refractivity contribution in [1.29, 1.82) is 16.2 Å². The predicted molar refractivity (Wildman–Crippen MR) is 160 cm³/mol. The SMILES string of the molecule is CSC(=N)c1ccc2c(c1)C(C)(C)c1cc(C(=N)SC(=N)c3cccc(-c4ccccc4C(F)(F)F)n3)ccc1-2. The standard InChI is InChI=1S/C31H25F3N4S2/c1-30(2)23-15-17(27(35)39-3)11-13-19(23)20-14-12-18(16-24(20)30)28(36)40-29(37)26-10-6-9-25(38-26)21-7-4-5-8-22(21)31(32,33)34/h4-16,35-37H,1-3H3. The topological polar surface area (TPSA) is 84.4 Å². The molecule has 0 amide bonds. The van der Waals surface area contributed by atoms with Crippen LogP contribution in [0.4, 0.5) is 13.2 Å². The first kappa shape index (κ1) is 27.9. The lowest BCUT2D eigenvalue weighted by atomic mass is 9.81. The molecule has 0 spiro atoms. The minimum Gasteiger partial charge on any atom is -0.293 e. The molecular formula is C31H25F3N4S2. The number of pyridine rings is 1. The number of aromatic nitrogens is 1. The Morgan fingerprint density at radius 3 is 1.93 bits per heavy atom. The van der Waals surface area contributed by atoms with Gasteiger partial charge in [0, 0.05) is 22.1 Å². The van der Waals surface area contributed by atoms with E-state index in [1.54, 1.807) is 12.1 Å². The fraction of sp³-hybridized carbons (Fsp3) is 0.161. The van der Waals surface area contributed by atoms with Crippen LogP contribution in [0, 0.1) is 16.2 Å².